The number of carbonyl (C=O) groups excluding carboxylic acids is 1. The van der Waals surface area contributed by atoms with Crippen molar-refractivity contribution < 1.29 is 22.9 Å². The molecule has 1 atom stereocenters. The number of nitro benzene ring substituents is 1. The second-order valence-electron chi connectivity index (χ2n) is 7.39. The molecule has 1 unspecified atom stereocenters. The molecule has 0 radical (unpaired) electrons. The van der Waals surface area contributed by atoms with Crippen LogP contribution in [0.2, 0.25) is 0 Å². The van der Waals surface area contributed by atoms with E-state index in [4.69, 9.17) is 0 Å². The summed E-state index contributed by atoms with van der Waals surface area (Å²) in [5.41, 5.74) is -0.697. The third kappa shape index (κ3) is 4.96. The van der Waals surface area contributed by atoms with Gasteiger partial charge in [0.05, 0.1) is 16.5 Å². The molecule has 2 aromatic rings. The van der Waals surface area contributed by atoms with Gasteiger partial charge in [0.2, 0.25) is 5.91 Å². The van der Waals surface area contributed by atoms with Gasteiger partial charge in [0.25, 0.3) is 5.69 Å². The molecule has 0 aliphatic carbocycles. The molecule has 1 saturated heterocycles. The van der Waals surface area contributed by atoms with Gasteiger partial charge in [-0.1, -0.05) is 18.2 Å². The minimum Gasteiger partial charge on any atom is -0.363 e. The number of piperazine rings is 1. The fourth-order valence-corrected chi connectivity index (χ4v) is 3.68. The van der Waals surface area contributed by atoms with E-state index >= 15 is 0 Å². The molecule has 166 valence electrons. The monoisotopic (exact) mass is 436 g/mol. The summed E-state index contributed by atoms with van der Waals surface area (Å²) in [6, 6.07) is 11.4. The number of nitrogens with zero attached hydrogens (tertiary/aromatic N) is 4. The Morgan fingerprint density at radius 1 is 1.10 bits per heavy atom. The topological polar surface area (TPSA) is 69.9 Å². The van der Waals surface area contributed by atoms with Crippen molar-refractivity contribution in [2.24, 2.45) is 0 Å². The van der Waals surface area contributed by atoms with Crippen LogP contribution in [0.5, 0.6) is 0 Å². The smallest absolute Gasteiger partial charge is 0.363 e. The zero-order valence-electron chi connectivity index (χ0n) is 17.2. The number of benzene rings is 2. The number of carbonyl (C=O) groups is 1. The first-order chi connectivity index (χ1) is 14.6. The highest BCUT2D eigenvalue weighted by Crippen LogP contribution is 2.36. The molecule has 0 aromatic heterocycles. The molecular weight excluding hydrogens is 413 g/mol. The molecule has 1 aliphatic heterocycles. The number of likely N-dealkylation sites (N-methyl/N-ethyl adjacent to an activating group) is 1. The number of nitro groups is 1. The van der Waals surface area contributed by atoms with Crippen LogP contribution >= 0.6 is 0 Å². The van der Waals surface area contributed by atoms with Gasteiger partial charge in [-0.25, -0.2) is 0 Å². The molecule has 10 heteroatoms. The van der Waals surface area contributed by atoms with Crippen LogP contribution < -0.4 is 9.80 Å². The average Bonchev–Trinajstić information content (AvgIpc) is 2.77. The summed E-state index contributed by atoms with van der Waals surface area (Å²) in [7, 11) is 1.70. The highest BCUT2D eigenvalue weighted by atomic mass is 19.4. The molecular formula is C21H23F3N4O3. The third-order valence-electron chi connectivity index (χ3n) is 5.53. The van der Waals surface area contributed by atoms with Crippen molar-refractivity contribution in [3.8, 4) is 0 Å². The highest BCUT2D eigenvalue weighted by molar-refractivity contribution is 5.96. The summed E-state index contributed by atoms with van der Waals surface area (Å²) >= 11 is 0. The first-order valence-electron chi connectivity index (χ1n) is 9.77. The first kappa shape index (κ1) is 22.5. The van der Waals surface area contributed by atoms with E-state index in [-0.39, 0.29) is 11.6 Å². The Kier molecular flexibility index (Phi) is 6.49. The molecule has 1 heterocycles. The van der Waals surface area contributed by atoms with Gasteiger partial charge in [-0.15, -0.1) is 0 Å². The van der Waals surface area contributed by atoms with E-state index in [1.807, 2.05) is 35.2 Å². The van der Waals surface area contributed by atoms with E-state index in [1.165, 1.54) is 0 Å². The fraction of sp³-hybridized carbons (Fsp3) is 0.381. The largest absolute Gasteiger partial charge is 0.416 e. The number of hydrogen-bond acceptors (Lipinski definition) is 5. The van der Waals surface area contributed by atoms with Gasteiger partial charge < -0.3 is 9.80 Å². The molecule has 0 N–H and O–H groups in total. The van der Waals surface area contributed by atoms with E-state index in [9.17, 15) is 28.1 Å². The molecule has 1 aliphatic rings. The summed E-state index contributed by atoms with van der Waals surface area (Å²) in [5.74, 6) is -0.0832. The van der Waals surface area contributed by atoms with Crippen molar-refractivity contribution >= 4 is 23.0 Å². The molecule has 1 fully saturated rings. The average molecular weight is 436 g/mol. The number of anilines is 2. The Balaban J connectivity index is 1.69. The van der Waals surface area contributed by atoms with Crippen LogP contribution in [0, 0.1) is 10.1 Å². The van der Waals surface area contributed by atoms with E-state index < -0.39 is 28.4 Å². The van der Waals surface area contributed by atoms with Crippen molar-refractivity contribution in [2.75, 3.05) is 43.0 Å². The Bertz CT molecular complexity index is 945. The molecule has 31 heavy (non-hydrogen) atoms. The van der Waals surface area contributed by atoms with Gasteiger partial charge in [-0.3, -0.25) is 19.8 Å². The first-order valence-corrected chi connectivity index (χ1v) is 9.77. The molecule has 3 rings (SSSR count). The zero-order valence-corrected chi connectivity index (χ0v) is 17.2. The maximum Gasteiger partial charge on any atom is 0.416 e. The standard InChI is InChI=1S/C21H23F3N4O3/c1-15(20(29)25(2)17-6-4-3-5-7-17)26-10-12-27(13-11-26)18-9-8-16(21(22,23)24)14-19(18)28(30)31/h3-9,14-15H,10-13H2,1-2H3. The van der Waals surface area contributed by atoms with Crippen molar-refractivity contribution in [2.45, 2.75) is 19.1 Å². The van der Waals surface area contributed by atoms with E-state index in [0.29, 0.717) is 32.2 Å². The van der Waals surface area contributed by atoms with Gasteiger partial charge in [-0.05, 0) is 31.2 Å². The second kappa shape index (κ2) is 8.93. The summed E-state index contributed by atoms with van der Waals surface area (Å²) in [5, 5.41) is 11.4. The zero-order chi connectivity index (χ0) is 22.8. The molecule has 0 bridgehead atoms. The Labute approximate surface area is 177 Å². The van der Waals surface area contributed by atoms with Crippen molar-refractivity contribution in [1.29, 1.82) is 0 Å². The van der Waals surface area contributed by atoms with Crippen LogP contribution in [-0.4, -0.2) is 55.0 Å². The minimum atomic E-state index is -4.65. The lowest BCUT2D eigenvalue weighted by atomic mass is 10.1. The Morgan fingerprint density at radius 2 is 1.71 bits per heavy atom. The van der Waals surface area contributed by atoms with Crippen LogP contribution in [0.1, 0.15) is 12.5 Å². The summed E-state index contributed by atoms with van der Waals surface area (Å²) in [6.45, 7) is 3.43. The number of hydrogen-bond donors (Lipinski definition) is 0. The minimum absolute atomic E-state index is 0.0832. The van der Waals surface area contributed by atoms with Crippen molar-refractivity contribution in [3.63, 3.8) is 0 Å². The Hall–Kier alpha value is -3.14. The number of rotatable bonds is 5. The number of halogens is 3. The molecule has 7 nitrogen and oxygen atoms in total. The fourth-order valence-electron chi connectivity index (χ4n) is 3.68. The van der Waals surface area contributed by atoms with Gasteiger partial charge in [-0.2, -0.15) is 13.2 Å². The van der Waals surface area contributed by atoms with Gasteiger partial charge in [0.15, 0.2) is 0 Å². The summed E-state index contributed by atoms with van der Waals surface area (Å²) < 4.78 is 38.8. The predicted molar refractivity (Wildman–Crippen MR) is 111 cm³/mol. The van der Waals surface area contributed by atoms with Crippen LogP contribution in [0.3, 0.4) is 0 Å². The lowest BCUT2D eigenvalue weighted by Crippen LogP contribution is -2.54. The van der Waals surface area contributed by atoms with Crippen LogP contribution in [0.15, 0.2) is 48.5 Å². The maximum atomic E-state index is 12.9. The molecule has 0 saturated carbocycles. The van der Waals surface area contributed by atoms with E-state index in [1.54, 1.807) is 23.8 Å². The molecule has 0 spiro atoms. The van der Waals surface area contributed by atoms with Crippen LogP contribution in [-0.2, 0) is 11.0 Å². The van der Waals surface area contributed by atoms with E-state index in [0.717, 1.165) is 17.8 Å². The van der Waals surface area contributed by atoms with Gasteiger partial charge in [0.1, 0.15) is 5.69 Å². The van der Waals surface area contributed by atoms with Crippen molar-refractivity contribution in [1.82, 2.24) is 4.90 Å². The normalized spacial score (nSPS) is 16.1. The molecule has 1 amide bonds. The molecule has 2 aromatic carbocycles. The van der Waals surface area contributed by atoms with Crippen LogP contribution in [0.4, 0.5) is 30.2 Å². The van der Waals surface area contributed by atoms with Gasteiger partial charge >= 0.3 is 6.18 Å². The lowest BCUT2D eigenvalue weighted by molar-refractivity contribution is -0.384. The number of para-hydroxylation sites is 1. The summed E-state index contributed by atoms with van der Waals surface area (Å²) in [6.07, 6.45) is -4.65. The van der Waals surface area contributed by atoms with E-state index in [2.05, 4.69) is 0 Å². The quantitative estimate of drug-likeness (QED) is 0.527. The van der Waals surface area contributed by atoms with Crippen LogP contribution in [0.25, 0.3) is 0 Å². The predicted octanol–water partition coefficient (Wildman–Crippen LogP) is 3.79. The number of alkyl halides is 3. The third-order valence-corrected chi connectivity index (χ3v) is 5.53. The SMILES string of the molecule is CC(C(=O)N(C)c1ccccc1)N1CCN(c2ccc(C(F)(F)F)cc2[N+](=O)[O-])CC1. The second-order valence-corrected chi connectivity index (χ2v) is 7.39. The van der Waals surface area contributed by atoms with Gasteiger partial charge in [0, 0.05) is 45.0 Å². The number of amides is 1. The van der Waals surface area contributed by atoms with Crippen molar-refractivity contribution in [3.05, 3.63) is 64.2 Å². The Morgan fingerprint density at radius 3 is 2.26 bits per heavy atom. The maximum absolute atomic E-state index is 12.9. The summed E-state index contributed by atoms with van der Waals surface area (Å²) in [4.78, 5) is 28.7. The highest BCUT2D eigenvalue weighted by Gasteiger charge is 2.35. The lowest BCUT2D eigenvalue weighted by Gasteiger charge is -2.39.